The first kappa shape index (κ1) is 20.0. The Balaban J connectivity index is 0.00000225. The monoisotopic (exact) mass is 368 g/mol. The lowest BCUT2D eigenvalue weighted by atomic mass is 9.90. The first-order chi connectivity index (χ1) is 11.7. The van der Waals surface area contributed by atoms with E-state index >= 15 is 0 Å². The van der Waals surface area contributed by atoms with Crippen LogP contribution in [-0.4, -0.2) is 31.3 Å². The molecule has 1 heterocycles. The van der Waals surface area contributed by atoms with Gasteiger partial charge in [0.15, 0.2) is 0 Å². The number of hydrogen-bond acceptors (Lipinski definition) is 4. The lowest BCUT2D eigenvalue weighted by molar-refractivity contribution is -0.124. The lowest BCUT2D eigenvalue weighted by Gasteiger charge is -2.31. The third-order valence-electron chi connectivity index (χ3n) is 5.16. The van der Waals surface area contributed by atoms with Crippen molar-refractivity contribution in [2.75, 3.05) is 25.1 Å². The minimum atomic E-state index is -0.825. The van der Waals surface area contributed by atoms with E-state index in [1.165, 1.54) is 32.1 Å². The van der Waals surface area contributed by atoms with Crippen LogP contribution >= 0.6 is 12.4 Å². The highest BCUT2D eigenvalue weighted by Crippen LogP contribution is 2.25. The summed E-state index contributed by atoms with van der Waals surface area (Å²) in [5.74, 6) is 1.40. The van der Waals surface area contributed by atoms with Crippen LogP contribution in [0.5, 0.6) is 5.75 Å². The number of anilines is 1. The van der Waals surface area contributed by atoms with E-state index in [1.807, 2.05) is 24.3 Å². The third kappa shape index (κ3) is 5.59. The van der Waals surface area contributed by atoms with E-state index in [9.17, 15) is 4.79 Å². The number of benzene rings is 1. The second-order valence-corrected chi connectivity index (χ2v) is 7.06. The van der Waals surface area contributed by atoms with Gasteiger partial charge in [0, 0.05) is 18.9 Å². The molecule has 0 radical (unpaired) electrons. The summed E-state index contributed by atoms with van der Waals surface area (Å²) in [6.07, 6.45) is 7.67. The van der Waals surface area contributed by atoms with Crippen LogP contribution in [-0.2, 0) is 9.53 Å². The van der Waals surface area contributed by atoms with Crippen molar-refractivity contribution < 1.29 is 14.3 Å². The van der Waals surface area contributed by atoms with Gasteiger partial charge in [0.1, 0.15) is 11.3 Å². The Labute approximate surface area is 156 Å². The molecule has 1 saturated carbocycles. The number of carbonyl (C=O) groups excluding carboxylic acids is 1. The molecule has 0 bridgehead atoms. The molecule has 0 aromatic heterocycles. The number of nitrogens with two attached hydrogens (primary N) is 1. The van der Waals surface area contributed by atoms with E-state index in [4.69, 9.17) is 15.2 Å². The van der Waals surface area contributed by atoms with Crippen LogP contribution in [0.3, 0.4) is 0 Å². The number of amides is 1. The van der Waals surface area contributed by atoms with E-state index in [2.05, 4.69) is 5.32 Å². The smallest absolute Gasteiger partial charge is 0.244 e. The predicted molar refractivity (Wildman–Crippen MR) is 101 cm³/mol. The zero-order chi connectivity index (χ0) is 16.8. The third-order valence-corrected chi connectivity index (χ3v) is 5.16. The van der Waals surface area contributed by atoms with Gasteiger partial charge >= 0.3 is 0 Å². The summed E-state index contributed by atoms with van der Waals surface area (Å²) in [7, 11) is 0. The molecular weight excluding hydrogens is 340 g/mol. The Hall–Kier alpha value is -1.30. The number of ether oxygens (including phenoxy) is 2. The highest BCUT2D eigenvalue weighted by Gasteiger charge is 2.35. The summed E-state index contributed by atoms with van der Waals surface area (Å²) in [5.41, 5.74) is 6.12. The summed E-state index contributed by atoms with van der Waals surface area (Å²) in [5, 5.41) is 2.91. The van der Waals surface area contributed by atoms with Crippen molar-refractivity contribution in [2.45, 2.75) is 50.5 Å². The molecule has 1 amide bonds. The normalized spacial score (nSPS) is 20.4. The van der Waals surface area contributed by atoms with E-state index < -0.39 is 5.54 Å². The minimum Gasteiger partial charge on any atom is -0.493 e. The zero-order valence-electron chi connectivity index (χ0n) is 14.7. The Kier molecular flexibility index (Phi) is 7.54. The molecule has 1 aromatic carbocycles. The number of carbonyl (C=O) groups is 1. The molecule has 0 atom stereocenters. The van der Waals surface area contributed by atoms with Gasteiger partial charge in [-0.3, -0.25) is 4.79 Å². The topological polar surface area (TPSA) is 73.6 Å². The Morgan fingerprint density at radius 1 is 1.16 bits per heavy atom. The molecule has 0 spiro atoms. The first-order valence-corrected chi connectivity index (χ1v) is 9.07. The molecule has 3 rings (SSSR count). The zero-order valence-corrected chi connectivity index (χ0v) is 15.5. The molecule has 2 fully saturated rings. The molecule has 2 aliphatic rings. The summed E-state index contributed by atoms with van der Waals surface area (Å²) < 4.78 is 11.2. The van der Waals surface area contributed by atoms with Gasteiger partial charge in [0.2, 0.25) is 5.91 Å². The molecule has 1 aliphatic heterocycles. The van der Waals surface area contributed by atoms with Crippen LogP contribution in [0.4, 0.5) is 5.69 Å². The van der Waals surface area contributed by atoms with E-state index in [1.54, 1.807) is 0 Å². The Morgan fingerprint density at radius 3 is 2.44 bits per heavy atom. The maximum atomic E-state index is 12.4. The standard InChI is InChI=1S/C19H28N2O3.ClH/c20-19(10-12-23-13-11-19)18(22)21-16-6-8-17(9-7-16)24-14-15-4-2-1-3-5-15;/h6-9,15H,1-5,10-14,20H2,(H,21,22);1H. The van der Waals surface area contributed by atoms with Gasteiger partial charge in [0.05, 0.1) is 6.61 Å². The molecular formula is C19H29ClN2O3. The van der Waals surface area contributed by atoms with Crippen LogP contribution in [0.25, 0.3) is 0 Å². The van der Waals surface area contributed by atoms with E-state index in [-0.39, 0.29) is 18.3 Å². The molecule has 1 aliphatic carbocycles. The van der Waals surface area contributed by atoms with Crippen molar-refractivity contribution in [2.24, 2.45) is 11.7 Å². The number of halogens is 1. The van der Waals surface area contributed by atoms with Crippen LogP contribution < -0.4 is 15.8 Å². The fourth-order valence-corrected chi connectivity index (χ4v) is 3.42. The highest BCUT2D eigenvalue weighted by atomic mass is 35.5. The maximum Gasteiger partial charge on any atom is 0.244 e. The van der Waals surface area contributed by atoms with Gasteiger partial charge < -0.3 is 20.5 Å². The SMILES string of the molecule is Cl.NC1(C(=O)Nc2ccc(OCC3CCCCC3)cc2)CCOCC1. The van der Waals surface area contributed by atoms with E-state index in [0.717, 1.165) is 18.0 Å². The Morgan fingerprint density at radius 2 is 1.80 bits per heavy atom. The quantitative estimate of drug-likeness (QED) is 0.834. The fraction of sp³-hybridized carbons (Fsp3) is 0.632. The molecule has 25 heavy (non-hydrogen) atoms. The molecule has 1 saturated heterocycles. The minimum absolute atomic E-state index is 0. The average Bonchev–Trinajstić information content (AvgIpc) is 2.62. The van der Waals surface area contributed by atoms with Crippen molar-refractivity contribution in [3.8, 4) is 5.75 Å². The molecule has 5 nitrogen and oxygen atoms in total. The number of nitrogens with one attached hydrogen (secondary N) is 1. The summed E-state index contributed by atoms with van der Waals surface area (Å²) in [6.45, 7) is 1.87. The summed E-state index contributed by atoms with van der Waals surface area (Å²) in [4.78, 5) is 12.4. The van der Waals surface area contributed by atoms with Gasteiger partial charge in [0.25, 0.3) is 0 Å². The molecule has 140 valence electrons. The predicted octanol–water partition coefficient (Wildman–Crippen LogP) is 3.51. The van der Waals surface area contributed by atoms with Gasteiger partial charge in [-0.05, 0) is 55.9 Å². The molecule has 6 heteroatoms. The van der Waals surface area contributed by atoms with Crippen LogP contribution in [0, 0.1) is 5.92 Å². The lowest BCUT2D eigenvalue weighted by Crippen LogP contribution is -2.54. The van der Waals surface area contributed by atoms with Crippen LogP contribution in [0.2, 0.25) is 0 Å². The van der Waals surface area contributed by atoms with Crippen molar-refractivity contribution in [1.29, 1.82) is 0 Å². The van der Waals surface area contributed by atoms with Gasteiger partial charge in [-0.1, -0.05) is 19.3 Å². The van der Waals surface area contributed by atoms with Crippen molar-refractivity contribution in [3.63, 3.8) is 0 Å². The summed E-state index contributed by atoms with van der Waals surface area (Å²) in [6, 6.07) is 7.56. The molecule has 1 aromatic rings. The molecule has 0 unspecified atom stereocenters. The van der Waals surface area contributed by atoms with Crippen LogP contribution in [0.15, 0.2) is 24.3 Å². The second-order valence-electron chi connectivity index (χ2n) is 7.06. The largest absolute Gasteiger partial charge is 0.493 e. The Bertz CT molecular complexity index is 538. The average molecular weight is 369 g/mol. The second kappa shape index (κ2) is 9.41. The first-order valence-electron chi connectivity index (χ1n) is 9.07. The maximum absolute atomic E-state index is 12.4. The number of hydrogen-bond donors (Lipinski definition) is 2. The van der Waals surface area contributed by atoms with Crippen LogP contribution in [0.1, 0.15) is 44.9 Å². The van der Waals surface area contributed by atoms with E-state index in [0.29, 0.717) is 32.0 Å². The van der Waals surface area contributed by atoms with Gasteiger partial charge in [-0.2, -0.15) is 0 Å². The fourth-order valence-electron chi connectivity index (χ4n) is 3.42. The molecule has 3 N–H and O–H groups in total. The van der Waals surface area contributed by atoms with Crippen molar-refractivity contribution >= 4 is 24.0 Å². The highest BCUT2D eigenvalue weighted by molar-refractivity contribution is 5.98. The van der Waals surface area contributed by atoms with Gasteiger partial charge in [-0.25, -0.2) is 0 Å². The van der Waals surface area contributed by atoms with Crippen molar-refractivity contribution in [1.82, 2.24) is 0 Å². The summed E-state index contributed by atoms with van der Waals surface area (Å²) >= 11 is 0. The number of rotatable bonds is 5. The van der Waals surface area contributed by atoms with Crippen molar-refractivity contribution in [3.05, 3.63) is 24.3 Å². The van der Waals surface area contributed by atoms with Gasteiger partial charge in [-0.15, -0.1) is 12.4 Å².